The first-order valence-corrected chi connectivity index (χ1v) is 8.27. The van der Waals surface area contributed by atoms with Crippen LogP contribution in [0.15, 0.2) is 22.7 Å². The number of nitrogens with one attached hydrogen (secondary N) is 1. The van der Waals surface area contributed by atoms with Gasteiger partial charge < -0.3 is 9.66 Å². The van der Waals surface area contributed by atoms with Gasteiger partial charge in [0.1, 0.15) is 10.6 Å². The highest BCUT2D eigenvalue weighted by molar-refractivity contribution is 9.10. The molecule has 2 N–H and O–H groups in total. The molecular weight excluding hydrogens is 361 g/mol. The molecule has 2 unspecified atom stereocenters. The molecule has 1 rings (SSSR count). The largest absolute Gasteiger partial charge is 0.598 e. The molecule has 0 aliphatic rings. The van der Waals surface area contributed by atoms with E-state index < -0.39 is 33.4 Å². The molecule has 21 heavy (non-hydrogen) atoms. The fourth-order valence-electron chi connectivity index (χ4n) is 1.77. The molecule has 0 bridgehead atoms. The second kappa shape index (κ2) is 6.64. The van der Waals surface area contributed by atoms with Crippen molar-refractivity contribution < 1.29 is 18.8 Å². The smallest absolute Gasteiger partial charge is 0.305 e. The number of rotatable bonds is 5. The summed E-state index contributed by atoms with van der Waals surface area (Å²) in [6.45, 7) is 6.81. The predicted octanol–water partition coefficient (Wildman–Crippen LogP) is 3.33. The zero-order chi connectivity index (χ0) is 16.4. The number of halogens is 2. The quantitative estimate of drug-likeness (QED) is 0.769. The minimum absolute atomic E-state index is 0.164. The van der Waals surface area contributed by atoms with Crippen LogP contribution in [0.2, 0.25) is 0 Å². The highest BCUT2D eigenvalue weighted by atomic mass is 79.9. The summed E-state index contributed by atoms with van der Waals surface area (Å²) in [7, 11) is 0. The van der Waals surface area contributed by atoms with Crippen molar-refractivity contribution in [2.45, 2.75) is 44.4 Å². The molecule has 118 valence electrons. The Morgan fingerprint density at radius 2 is 2.00 bits per heavy atom. The van der Waals surface area contributed by atoms with Crippen molar-refractivity contribution in [1.82, 2.24) is 4.72 Å². The summed E-state index contributed by atoms with van der Waals surface area (Å²) in [6.07, 6.45) is -0.387. The number of carboxylic acid groups (broad SMARTS) is 1. The van der Waals surface area contributed by atoms with Crippen LogP contribution in [0.4, 0.5) is 4.39 Å². The zero-order valence-corrected chi connectivity index (χ0v) is 14.8. The van der Waals surface area contributed by atoms with E-state index >= 15 is 0 Å². The van der Waals surface area contributed by atoms with E-state index in [2.05, 4.69) is 20.7 Å². The summed E-state index contributed by atoms with van der Waals surface area (Å²) in [5, 5.41) is 9.11. The topological polar surface area (TPSA) is 72.4 Å². The summed E-state index contributed by atoms with van der Waals surface area (Å²) in [5.74, 6) is -1.64. The van der Waals surface area contributed by atoms with Crippen LogP contribution in [0.5, 0.6) is 0 Å². The Bertz CT molecular complexity index is 535. The molecule has 4 nitrogen and oxygen atoms in total. The maximum atomic E-state index is 14.1. The molecule has 0 aliphatic carbocycles. The van der Waals surface area contributed by atoms with Gasteiger partial charge in [-0.1, -0.05) is 15.9 Å². The number of hydrogen-bond acceptors (Lipinski definition) is 3. The molecule has 0 aromatic heterocycles. The van der Waals surface area contributed by atoms with Crippen molar-refractivity contribution >= 4 is 33.3 Å². The minimum Gasteiger partial charge on any atom is -0.598 e. The van der Waals surface area contributed by atoms with Crippen LogP contribution in [-0.4, -0.2) is 20.4 Å². The van der Waals surface area contributed by atoms with Crippen LogP contribution in [0.25, 0.3) is 0 Å². The van der Waals surface area contributed by atoms with Crippen LogP contribution >= 0.6 is 15.9 Å². The highest BCUT2D eigenvalue weighted by Crippen LogP contribution is 2.32. The Balaban J connectivity index is 3.26. The summed E-state index contributed by atoms with van der Waals surface area (Å²) >= 11 is 1.71. The van der Waals surface area contributed by atoms with E-state index in [0.29, 0.717) is 4.47 Å². The first kappa shape index (κ1) is 18.4. The van der Waals surface area contributed by atoms with Crippen molar-refractivity contribution in [2.24, 2.45) is 0 Å². The average molecular weight is 380 g/mol. The monoisotopic (exact) mass is 379 g/mol. The summed E-state index contributed by atoms with van der Waals surface area (Å²) in [4.78, 5) is 11.1. The van der Waals surface area contributed by atoms with Crippen LogP contribution in [-0.2, 0) is 21.7 Å². The molecule has 0 spiro atoms. The van der Waals surface area contributed by atoms with Crippen LogP contribution in [0.3, 0.4) is 0 Å². The number of carboxylic acids is 1. The Morgan fingerprint density at radius 3 is 2.48 bits per heavy atom. The molecule has 0 fully saturated rings. The molecule has 0 radical (unpaired) electrons. The molecule has 1 aromatic carbocycles. The first-order valence-electron chi connectivity index (χ1n) is 6.33. The average Bonchev–Trinajstić information content (AvgIpc) is 2.29. The van der Waals surface area contributed by atoms with Crippen LogP contribution in [0.1, 0.15) is 39.7 Å². The van der Waals surface area contributed by atoms with Gasteiger partial charge in [0, 0.05) is 21.4 Å². The van der Waals surface area contributed by atoms with Gasteiger partial charge in [0.25, 0.3) is 0 Å². The number of aliphatic carboxylic acids is 1. The van der Waals surface area contributed by atoms with Crippen LogP contribution < -0.4 is 4.72 Å². The fourth-order valence-corrected chi connectivity index (χ4v) is 3.03. The molecule has 1 aromatic rings. The van der Waals surface area contributed by atoms with Gasteiger partial charge in [-0.3, -0.25) is 4.79 Å². The lowest BCUT2D eigenvalue weighted by atomic mass is 9.89. The lowest BCUT2D eigenvalue weighted by molar-refractivity contribution is -0.138. The normalized spacial score (nSPS) is 16.3. The van der Waals surface area contributed by atoms with Gasteiger partial charge in [0.15, 0.2) is 0 Å². The first-order chi connectivity index (χ1) is 9.45. The third-order valence-corrected chi connectivity index (χ3v) is 5.14. The van der Waals surface area contributed by atoms with Gasteiger partial charge in [-0.2, -0.15) is 0 Å². The van der Waals surface area contributed by atoms with E-state index in [4.69, 9.17) is 5.11 Å². The van der Waals surface area contributed by atoms with Crippen molar-refractivity contribution in [2.75, 3.05) is 0 Å². The summed E-state index contributed by atoms with van der Waals surface area (Å²) in [5.41, 5.74) is -1.12. The standard InChI is InChI=1S/C14H19BrFNO3S/c1-13(2,3)21(20)17-14(4,8-12(18)19)10-7-9(15)5-6-11(10)16/h5-7,17H,8H2,1-4H3,(H,18,19). The maximum Gasteiger partial charge on any atom is 0.305 e. The van der Waals surface area contributed by atoms with Gasteiger partial charge in [-0.25, -0.2) is 4.39 Å². The molecule has 0 amide bonds. The van der Waals surface area contributed by atoms with Gasteiger partial charge >= 0.3 is 5.97 Å². The van der Waals surface area contributed by atoms with E-state index in [1.54, 1.807) is 20.8 Å². The van der Waals surface area contributed by atoms with Gasteiger partial charge in [0.05, 0.1) is 12.0 Å². The Kier molecular flexibility index (Phi) is 5.83. The predicted molar refractivity (Wildman–Crippen MR) is 84.7 cm³/mol. The summed E-state index contributed by atoms with van der Waals surface area (Å²) in [6, 6.07) is 4.28. The van der Waals surface area contributed by atoms with Crippen molar-refractivity contribution in [3.05, 3.63) is 34.1 Å². The number of hydrogen-bond donors (Lipinski definition) is 2. The van der Waals surface area contributed by atoms with Gasteiger partial charge in [-0.15, -0.1) is 4.72 Å². The Labute approximate surface area is 135 Å². The summed E-state index contributed by atoms with van der Waals surface area (Å²) < 4.78 is 29.2. The van der Waals surface area contributed by atoms with E-state index in [1.807, 2.05) is 0 Å². The molecule has 7 heteroatoms. The Morgan fingerprint density at radius 1 is 1.43 bits per heavy atom. The SMILES string of the molecule is CC(CC(=O)O)(N[S+]([O-])C(C)(C)C)c1cc(Br)ccc1F. The molecule has 0 saturated carbocycles. The third-order valence-electron chi connectivity index (χ3n) is 2.90. The van der Waals surface area contributed by atoms with Crippen LogP contribution in [0, 0.1) is 5.82 Å². The second-order valence-electron chi connectivity index (χ2n) is 6.01. The zero-order valence-electron chi connectivity index (χ0n) is 12.4. The molecule has 0 saturated heterocycles. The third kappa shape index (κ3) is 4.95. The van der Waals surface area contributed by atoms with Crippen molar-refractivity contribution in [1.29, 1.82) is 0 Å². The maximum absolute atomic E-state index is 14.1. The molecule has 2 atom stereocenters. The Hall–Kier alpha value is -0.630. The lowest BCUT2D eigenvalue weighted by Crippen LogP contribution is -2.51. The molecular formula is C14H19BrFNO3S. The molecule has 0 heterocycles. The molecule has 0 aliphatic heterocycles. The lowest BCUT2D eigenvalue weighted by Gasteiger charge is -2.34. The van der Waals surface area contributed by atoms with Crippen molar-refractivity contribution in [3.8, 4) is 0 Å². The van der Waals surface area contributed by atoms with E-state index in [1.165, 1.54) is 25.1 Å². The number of carbonyl (C=O) groups is 1. The second-order valence-corrected chi connectivity index (χ2v) is 8.89. The van der Waals surface area contributed by atoms with E-state index in [9.17, 15) is 13.7 Å². The fraction of sp³-hybridized carbons (Fsp3) is 0.500. The van der Waals surface area contributed by atoms with Gasteiger partial charge in [-0.05, 0) is 45.9 Å². The number of benzene rings is 1. The van der Waals surface area contributed by atoms with Gasteiger partial charge in [0.2, 0.25) is 0 Å². The van der Waals surface area contributed by atoms with Crippen molar-refractivity contribution in [3.63, 3.8) is 0 Å². The van der Waals surface area contributed by atoms with E-state index in [0.717, 1.165) is 0 Å². The highest BCUT2D eigenvalue weighted by Gasteiger charge is 2.40. The minimum atomic E-state index is -1.53. The van der Waals surface area contributed by atoms with E-state index in [-0.39, 0.29) is 12.0 Å².